The third-order valence-corrected chi connectivity index (χ3v) is 7.00. The standard InChI is InChI=1S/C26H33N5O2/c1-29(20-10-14-30(15-11-20)18-19-8-5-4-6-9-19)25-21-16-23(32-2)24(33-3)17-22(21)27-26(28-25)31-12-7-13-31/h4-6,8-9,16-17,20H,7,10-15,18H2,1-3H3. The van der Waals surface area contributed by atoms with Gasteiger partial charge in [-0.05, 0) is 30.9 Å². The fourth-order valence-corrected chi connectivity index (χ4v) is 4.83. The minimum atomic E-state index is 0.437. The van der Waals surface area contributed by atoms with Crippen molar-refractivity contribution in [1.82, 2.24) is 14.9 Å². The molecule has 3 heterocycles. The van der Waals surface area contributed by atoms with Crippen LogP contribution in [0.5, 0.6) is 11.5 Å². The van der Waals surface area contributed by atoms with Gasteiger partial charge < -0.3 is 19.3 Å². The van der Waals surface area contributed by atoms with Gasteiger partial charge in [0.2, 0.25) is 5.95 Å². The lowest BCUT2D eigenvalue weighted by molar-refractivity contribution is 0.203. The summed E-state index contributed by atoms with van der Waals surface area (Å²) in [6.07, 6.45) is 3.42. The molecule has 2 aliphatic heterocycles. The van der Waals surface area contributed by atoms with Crippen molar-refractivity contribution < 1.29 is 9.47 Å². The topological polar surface area (TPSA) is 54.0 Å². The number of fused-ring (bicyclic) bond motifs is 1. The van der Waals surface area contributed by atoms with Crippen molar-refractivity contribution >= 4 is 22.7 Å². The Morgan fingerprint density at radius 2 is 1.64 bits per heavy atom. The van der Waals surface area contributed by atoms with Crippen molar-refractivity contribution in [2.45, 2.75) is 31.8 Å². The SMILES string of the molecule is COc1cc2nc(N3CCC3)nc(N(C)C3CCN(Cc4ccccc4)CC3)c2cc1OC. The zero-order valence-electron chi connectivity index (χ0n) is 19.8. The molecule has 5 rings (SSSR count). The fourth-order valence-electron chi connectivity index (χ4n) is 4.83. The zero-order chi connectivity index (χ0) is 22.8. The summed E-state index contributed by atoms with van der Waals surface area (Å²) < 4.78 is 11.1. The van der Waals surface area contributed by atoms with Crippen LogP contribution in [0.1, 0.15) is 24.8 Å². The van der Waals surface area contributed by atoms with Crippen LogP contribution in [0.4, 0.5) is 11.8 Å². The molecule has 2 aliphatic rings. The quantitative estimate of drug-likeness (QED) is 0.543. The maximum atomic E-state index is 5.59. The Morgan fingerprint density at radius 3 is 2.27 bits per heavy atom. The summed E-state index contributed by atoms with van der Waals surface area (Å²) in [7, 11) is 5.51. The van der Waals surface area contributed by atoms with E-state index in [1.807, 2.05) is 12.1 Å². The van der Waals surface area contributed by atoms with Gasteiger partial charge >= 0.3 is 0 Å². The first-order valence-electron chi connectivity index (χ1n) is 11.8. The molecule has 2 saturated heterocycles. The number of piperidine rings is 1. The molecule has 7 heteroatoms. The molecule has 0 aliphatic carbocycles. The van der Waals surface area contributed by atoms with E-state index in [-0.39, 0.29) is 0 Å². The lowest BCUT2D eigenvalue weighted by Gasteiger charge is -2.38. The first-order chi connectivity index (χ1) is 16.2. The smallest absolute Gasteiger partial charge is 0.227 e. The van der Waals surface area contributed by atoms with Crippen LogP contribution in [0.15, 0.2) is 42.5 Å². The molecule has 1 aromatic heterocycles. The van der Waals surface area contributed by atoms with Crippen molar-refractivity contribution in [2.75, 3.05) is 57.2 Å². The average Bonchev–Trinajstić information content (AvgIpc) is 2.82. The predicted octanol–water partition coefficient (Wildman–Crippen LogP) is 3.96. The van der Waals surface area contributed by atoms with Gasteiger partial charge in [-0.15, -0.1) is 0 Å². The van der Waals surface area contributed by atoms with Gasteiger partial charge in [-0.2, -0.15) is 4.98 Å². The molecular weight excluding hydrogens is 414 g/mol. The Hall–Kier alpha value is -3.06. The molecule has 0 amide bonds. The van der Waals surface area contributed by atoms with Gasteiger partial charge in [0.1, 0.15) is 5.82 Å². The first kappa shape index (κ1) is 21.8. The van der Waals surface area contributed by atoms with Gasteiger partial charge in [0.15, 0.2) is 11.5 Å². The largest absolute Gasteiger partial charge is 0.493 e. The van der Waals surface area contributed by atoms with Crippen LogP contribution in [-0.4, -0.2) is 68.4 Å². The number of ether oxygens (including phenoxy) is 2. The highest BCUT2D eigenvalue weighted by molar-refractivity contribution is 5.93. The van der Waals surface area contributed by atoms with Gasteiger partial charge in [0.05, 0.1) is 19.7 Å². The van der Waals surface area contributed by atoms with Gasteiger partial charge in [-0.3, -0.25) is 4.90 Å². The normalized spacial score (nSPS) is 17.1. The predicted molar refractivity (Wildman–Crippen MR) is 133 cm³/mol. The van der Waals surface area contributed by atoms with E-state index in [0.717, 1.165) is 68.2 Å². The fraction of sp³-hybridized carbons (Fsp3) is 0.462. The minimum Gasteiger partial charge on any atom is -0.493 e. The molecule has 0 radical (unpaired) electrons. The van der Waals surface area contributed by atoms with E-state index >= 15 is 0 Å². The maximum Gasteiger partial charge on any atom is 0.227 e. The Labute approximate surface area is 195 Å². The number of anilines is 2. The summed E-state index contributed by atoms with van der Waals surface area (Å²) in [5.41, 5.74) is 2.28. The van der Waals surface area contributed by atoms with Crippen LogP contribution in [-0.2, 0) is 6.54 Å². The second-order valence-corrected chi connectivity index (χ2v) is 9.02. The summed E-state index contributed by atoms with van der Waals surface area (Å²) in [6.45, 7) is 5.22. The van der Waals surface area contributed by atoms with E-state index in [0.29, 0.717) is 17.5 Å². The van der Waals surface area contributed by atoms with E-state index < -0.39 is 0 Å². The molecule has 0 N–H and O–H groups in total. The third kappa shape index (κ3) is 4.42. The number of rotatable bonds is 7. The number of hydrogen-bond donors (Lipinski definition) is 0. The van der Waals surface area contributed by atoms with Crippen molar-refractivity contribution in [1.29, 1.82) is 0 Å². The molecule has 174 valence electrons. The number of benzene rings is 2. The molecule has 33 heavy (non-hydrogen) atoms. The van der Waals surface area contributed by atoms with Crippen LogP contribution in [0.25, 0.3) is 10.9 Å². The number of nitrogens with zero attached hydrogens (tertiary/aromatic N) is 5. The van der Waals surface area contributed by atoms with Gasteiger partial charge in [0.25, 0.3) is 0 Å². The summed E-state index contributed by atoms with van der Waals surface area (Å²) in [5.74, 6) is 3.19. The third-order valence-electron chi connectivity index (χ3n) is 7.00. The summed E-state index contributed by atoms with van der Waals surface area (Å²) in [6, 6.07) is 15.2. The molecule has 3 aromatic rings. The molecule has 0 atom stereocenters. The lowest BCUT2D eigenvalue weighted by atomic mass is 10.0. The van der Waals surface area contributed by atoms with Crippen LogP contribution >= 0.6 is 0 Å². The molecule has 0 saturated carbocycles. The van der Waals surface area contributed by atoms with E-state index in [1.165, 1.54) is 12.0 Å². The summed E-state index contributed by atoms with van der Waals surface area (Å²) >= 11 is 0. The highest BCUT2D eigenvalue weighted by Crippen LogP contribution is 2.37. The van der Waals surface area contributed by atoms with Crippen molar-refractivity contribution in [3.63, 3.8) is 0 Å². The minimum absolute atomic E-state index is 0.437. The number of aromatic nitrogens is 2. The zero-order valence-corrected chi connectivity index (χ0v) is 19.8. The highest BCUT2D eigenvalue weighted by Gasteiger charge is 2.27. The van der Waals surface area contributed by atoms with E-state index in [1.54, 1.807) is 14.2 Å². The van der Waals surface area contributed by atoms with Gasteiger partial charge in [-0.1, -0.05) is 30.3 Å². The highest BCUT2D eigenvalue weighted by atomic mass is 16.5. The molecule has 2 fully saturated rings. The van der Waals surface area contributed by atoms with Crippen LogP contribution in [0.2, 0.25) is 0 Å². The lowest BCUT2D eigenvalue weighted by Crippen LogP contribution is -2.44. The summed E-state index contributed by atoms with van der Waals surface area (Å²) in [5, 5.41) is 1.01. The Balaban J connectivity index is 1.40. The van der Waals surface area contributed by atoms with Crippen LogP contribution in [0, 0.1) is 0 Å². The Bertz CT molecular complexity index is 1090. The monoisotopic (exact) mass is 447 g/mol. The molecule has 0 spiro atoms. The second kappa shape index (κ2) is 9.43. The van der Waals surface area contributed by atoms with Crippen molar-refractivity contribution in [3.8, 4) is 11.5 Å². The maximum absolute atomic E-state index is 5.59. The van der Waals surface area contributed by atoms with Crippen LogP contribution in [0.3, 0.4) is 0 Å². The van der Waals surface area contributed by atoms with E-state index in [9.17, 15) is 0 Å². The van der Waals surface area contributed by atoms with Crippen LogP contribution < -0.4 is 19.3 Å². The van der Waals surface area contributed by atoms with E-state index in [4.69, 9.17) is 19.4 Å². The number of likely N-dealkylation sites (tertiary alicyclic amines) is 1. The first-order valence-corrected chi connectivity index (χ1v) is 11.8. The molecule has 0 unspecified atom stereocenters. The van der Waals surface area contributed by atoms with Crippen molar-refractivity contribution in [3.05, 3.63) is 48.0 Å². The van der Waals surface area contributed by atoms with Gasteiger partial charge in [-0.25, -0.2) is 4.98 Å². The Kier molecular flexibility index (Phi) is 6.22. The average molecular weight is 448 g/mol. The van der Waals surface area contributed by atoms with Crippen molar-refractivity contribution in [2.24, 2.45) is 0 Å². The van der Waals surface area contributed by atoms with E-state index in [2.05, 4.69) is 52.1 Å². The Morgan fingerprint density at radius 1 is 0.939 bits per heavy atom. The molecule has 7 nitrogen and oxygen atoms in total. The second-order valence-electron chi connectivity index (χ2n) is 9.02. The van der Waals surface area contributed by atoms with Gasteiger partial charge in [0, 0.05) is 57.3 Å². The molecular formula is C26H33N5O2. The number of methoxy groups -OCH3 is 2. The molecule has 2 aromatic carbocycles. The molecule has 0 bridgehead atoms. The summed E-state index contributed by atoms with van der Waals surface area (Å²) in [4.78, 5) is 17.1. The number of hydrogen-bond acceptors (Lipinski definition) is 7.